The fourth-order valence-corrected chi connectivity index (χ4v) is 9.05. The van der Waals surface area contributed by atoms with Crippen molar-refractivity contribution in [2.24, 2.45) is 0 Å². The monoisotopic (exact) mass is 625 g/mol. The van der Waals surface area contributed by atoms with Gasteiger partial charge in [-0.05, 0) is 69.9 Å². The van der Waals surface area contributed by atoms with Crippen LogP contribution in [0.5, 0.6) is 0 Å². The molecule has 8 aromatic rings. The highest BCUT2D eigenvalue weighted by molar-refractivity contribution is 6.98. The molecule has 0 amide bonds. The molecule has 2 unspecified atom stereocenters. The topological polar surface area (TPSA) is 56.5 Å². The van der Waals surface area contributed by atoms with Gasteiger partial charge in [-0.2, -0.15) is 0 Å². The summed E-state index contributed by atoms with van der Waals surface area (Å²) in [5.74, 6) is 0.879. The molecule has 228 valence electrons. The number of aromatic nitrogens is 5. The minimum Gasteiger partial charge on any atom is -0.313 e. The lowest BCUT2D eigenvalue weighted by Crippen LogP contribution is -2.58. The summed E-state index contributed by atoms with van der Waals surface area (Å²) >= 11 is 0. The lowest BCUT2D eigenvalue weighted by molar-refractivity contribution is 0.811. The quantitative estimate of drug-likeness (QED) is 0.209. The van der Waals surface area contributed by atoms with Crippen molar-refractivity contribution >= 4 is 34.1 Å². The van der Waals surface area contributed by atoms with Gasteiger partial charge in [0.2, 0.25) is 0 Å². The molecule has 0 spiro atoms. The summed E-state index contributed by atoms with van der Waals surface area (Å²) in [6.07, 6.45) is 8.43. The third-order valence-electron chi connectivity index (χ3n) is 10.9. The Hall–Kier alpha value is -6.14. The number of nitrogens with zero attached hydrogens (tertiary/aromatic N) is 5. The summed E-state index contributed by atoms with van der Waals surface area (Å²) in [6, 6.07) is 44.0. The predicted octanol–water partition coefficient (Wildman–Crippen LogP) is 6.56. The molecule has 5 nitrogen and oxygen atoms in total. The van der Waals surface area contributed by atoms with E-state index in [1.807, 2.05) is 30.9 Å². The molecule has 0 fully saturated rings. The summed E-state index contributed by atoms with van der Waals surface area (Å²) in [5.41, 5.74) is 17.3. The largest absolute Gasteiger partial charge is 0.313 e. The molecule has 1 aliphatic carbocycles. The smallest absolute Gasteiger partial charge is 0.270 e. The van der Waals surface area contributed by atoms with Crippen LogP contribution in [0.2, 0.25) is 0 Å². The van der Waals surface area contributed by atoms with Crippen LogP contribution in [0.1, 0.15) is 45.5 Å². The van der Waals surface area contributed by atoms with Gasteiger partial charge in [-0.1, -0.05) is 91.0 Å². The molecule has 0 saturated heterocycles. The van der Waals surface area contributed by atoms with Crippen LogP contribution >= 0.6 is 0 Å². The zero-order valence-electron chi connectivity index (χ0n) is 26.5. The fraction of sp³-hybridized carbons (Fsp3) is 0.0698. The number of hydrogen-bond donors (Lipinski definition) is 0. The van der Waals surface area contributed by atoms with E-state index in [0.29, 0.717) is 0 Å². The number of rotatable bonds is 3. The van der Waals surface area contributed by atoms with Crippen LogP contribution in [0, 0.1) is 0 Å². The second-order valence-corrected chi connectivity index (χ2v) is 13.3. The molecule has 0 radical (unpaired) electrons. The number of benzene rings is 4. The lowest BCUT2D eigenvalue weighted by Gasteiger charge is -2.30. The van der Waals surface area contributed by atoms with Gasteiger partial charge < -0.3 is 4.57 Å². The summed E-state index contributed by atoms with van der Waals surface area (Å²) in [5, 5.41) is 1.26. The van der Waals surface area contributed by atoms with Crippen LogP contribution in [-0.4, -0.2) is 31.2 Å². The molecule has 6 heteroatoms. The first kappa shape index (κ1) is 26.9. The molecule has 2 atom stereocenters. The third kappa shape index (κ3) is 3.71. The van der Waals surface area contributed by atoms with Gasteiger partial charge in [-0.3, -0.25) is 9.97 Å². The molecule has 6 heterocycles. The number of fused-ring (bicyclic) bond motifs is 9. The molecular formula is C43H28BN5. The summed E-state index contributed by atoms with van der Waals surface area (Å²) in [7, 11) is 0. The highest BCUT2D eigenvalue weighted by atomic mass is 15.0. The summed E-state index contributed by atoms with van der Waals surface area (Å²) in [6.45, 7) is -0.0181. The average Bonchev–Trinajstić information content (AvgIpc) is 3.64. The molecule has 49 heavy (non-hydrogen) atoms. The second-order valence-electron chi connectivity index (χ2n) is 13.3. The van der Waals surface area contributed by atoms with Crippen molar-refractivity contribution in [2.75, 3.05) is 0 Å². The maximum Gasteiger partial charge on any atom is 0.270 e. The van der Waals surface area contributed by atoms with Crippen LogP contribution in [0.25, 0.3) is 39.1 Å². The van der Waals surface area contributed by atoms with Crippen molar-refractivity contribution < 1.29 is 0 Å². The Morgan fingerprint density at radius 3 is 2.24 bits per heavy atom. The molecule has 0 bridgehead atoms. The Labute approximate surface area is 284 Å². The van der Waals surface area contributed by atoms with E-state index in [1.54, 1.807) is 0 Å². The van der Waals surface area contributed by atoms with Gasteiger partial charge in [0.15, 0.2) is 5.82 Å². The Balaban J connectivity index is 1.30. The van der Waals surface area contributed by atoms with E-state index in [0.717, 1.165) is 29.1 Å². The van der Waals surface area contributed by atoms with Crippen LogP contribution in [0.15, 0.2) is 146 Å². The summed E-state index contributed by atoms with van der Waals surface area (Å²) < 4.78 is 2.58. The minimum absolute atomic E-state index is 0.00950. The van der Waals surface area contributed by atoms with Crippen molar-refractivity contribution in [3.05, 3.63) is 180 Å². The third-order valence-corrected chi connectivity index (χ3v) is 10.9. The first-order valence-electron chi connectivity index (χ1n) is 17.0. The number of para-hydroxylation sites is 1. The average molecular weight is 626 g/mol. The maximum absolute atomic E-state index is 5.24. The molecule has 4 aromatic carbocycles. The number of hydrogen-bond acceptors (Lipinski definition) is 4. The molecule has 3 aliphatic rings. The van der Waals surface area contributed by atoms with Crippen molar-refractivity contribution in [3.63, 3.8) is 0 Å². The zero-order valence-corrected chi connectivity index (χ0v) is 26.5. The Kier molecular flexibility index (Phi) is 5.59. The van der Waals surface area contributed by atoms with Crippen molar-refractivity contribution in [1.29, 1.82) is 0 Å². The summed E-state index contributed by atoms with van der Waals surface area (Å²) in [4.78, 5) is 19.8. The van der Waals surface area contributed by atoms with Crippen molar-refractivity contribution in [3.8, 4) is 28.2 Å². The SMILES string of the molecule is c1ccc(C2Cc3cc(-c4ncccn4)cc4c3B(c3ncccc32)c2cccc3c5c(n-4c23)C(c2ccccc2)c2ncccc2-5)cc1. The van der Waals surface area contributed by atoms with E-state index in [-0.39, 0.29) is 18.5 Å². The standard InChI is InChI=1S/C43H28BN5/c1-3-11-26(12-4-1)33-24-28-23-29(43-47-21-10-22-48-43)25-35-38(28)44(42-30(33)16-8-20-46-42)34-18-7-15-32-37-31-17-9-19-45-39(31)36(27-13-5-2-6-14-27)41(37)49(35)40(32)34/h1-23,25,33,36H,24H2. The molecule has 4 aromatic heterocycles. The highest BCUT2D eigenvalue weighted by Gasteiger charge is 2.45. The van der Waals surface area contributed by atoms with Crippen molar-refractivity contribution in [2.45, 2.75) is 18.3 Å². The lowest BCUT2D eigenvalue weighted by atomic mass is 9.36. The number of pyridine rings is 2. The first-order chi connectivity index (χ1) is 24.3. The molecular weight excluding hydrogens is 597 g/mol. The first-order valence-corrected chi connectivity index (χ1v) is 17.0. The Morgan fingerprint density at radius 1 is 0.653 bits per heavy atom. The van der Waals surface area contributed by atoms with Gasteiger partial charge in [0, 0.05) is 75.3 Å². The van der Waals surface area contributed by atoms with Gasteiger partial charge in [0.1, 0.15) is 0 Å². The fourth-order valence-electron chi connectivity index (χ4n) is 9.05. The second kappa shape index (κ2) is 10.2. The van der Waals surface area contributed by atoms with Gasteiger partial charge in [-0.25, -0.2) is 9.97 Å². The van der Waals surface area contributed by atoms with Gasteiger partial charge in [-0.15, -0.1) is 0 Å². The van der Waals surface area contributed by atoms with E-state index in [1.165, 1.54) is 66.6 Å². The van der Waals surface area contributed by atoms with E-state index in [4.69, 9.17) is 19.9 Å². The van der Waals surface area contributed by atoms with E-state index in [2.05, 4.69) is 120 Å². The van der Waals surface area contributed by atoms with Crippen LogP contribution in [0.4, 0.5) is 0 Å². The van der Waals surface area contributed by atoms with Gasteiger partial charge in [0.05, 0.1) is 11.6 Å². The van der Waals surface area contributed by atoms with E-state index < -0.39 is 0 Å². The van der Waals surface area contributed by atoms with Gasteiger partial charge in [0.25, 0.3) is 6.71 Å². The zero-order chi connectivity index (χ0) is 32.1. The van der Waals surface area contributed by atoms with Gasteiger partial charge >= 0.3 is 0 Å². The molecule has 0 N–H and O–H groups in total. The minimum atomic E-state index is -0.0181. The molecule has 11 rings (SSSR count). The highest BCUT2D eigenvalue weighted by Crippen LogP contribution is 2.52. The Morgan fingerprint density at radius 2 is 1.41 bits per heavy atom. The van der Waals surface area contributed by atoms with Crippen LogP contribution in [0.3, 0.4) is 0 Å². The normalized spacial score (nSPS) is 16.4. The van der Waals surface area contributed by atoms with Crippen LogP contribution < -0.4 is 16.5 Å². The van der Waals surface area contributed by atoms with Crippen molar-refractivity contribution in [1.82, 2.24) is 24.5 Å². The molecule has 2 aliphatic heterocycles. The van der Waals surface area contributed by atoms with Crippen LogP contribution in [-0.2, 0) is 6.42 Å². The molecule has 0 saturated carbocycles. The van der Waals surface area contributed by atoms with E-state index >= 15 is 0 Å². The Bertz CT molecular complexity index is 2600. The predicted molar refractivity (Wildman–Crippen MR) is 196 cm³/mol. The maximum atomic E-state index is 5.24. The van der Waals surface area contributed by atoms with E-state index in [9.17, 15) is 0 Å².